The number of nitrogens with zero attached hydrogens (tertiary/aromatic N) is 3. The van der Waals surface area contributed by atoms with Crippen LogP contribution in [0.5, 0.6) is 5.75 Å². The molecule has 0 saturated carbocycles. The summed E-state index contributed by atoms with van der Waals surface area (Å²) < 4.78 is 10.8. The van der Waals surface area contributed by atoms with E-state index in [0.29, 0.717) is 47.7 Å². The van der Waals surface area contributed by atoms with Gasteiger partial charge >= 0.3 is 6.03 Å². The number of amides is 2. The summed E-state index contributed by atoms with van der Waals surface area (Å²) in [6, 6.07) is 14.2. The van der Waals surface area contributed by atoms with E-state index in [1.54, 1.807) is 30.1 Å². The Morgan fingerprint density at radius 1 is 1.21 bits per heavy atom. The summed E-state index contributed by atoms with van der Waals surface area (Å²) in [7, 11) is 1.71. The third-order valence-electron chi connectivity index (χ3n) is 4.01. The molecule has 2 aromatic carbocycles. The molecule has 0 atom stereocenters. The standard InChI is InChI=1S/C20H21ClN4O3/c1-3-27-17-7-5-4-6-16(17)22-20(26)25(2)13-12-18-23-19(28-24-18)14-8-10-15(21)11-9-14/h4-11H,3,12-13H2,1-2H3,(H,22,26). The smallest absolute Gasteiger partial charge is 0.321 e. The van der Waals surface area contributed by atoms with E-state index in [4.69, 9.17) is 20.9 Å². The van der Waals surface area contributed by atoms with Crippen molar-refractivity contribution in [3.63, 3.8) is 0 Å². The molecule has 0 aliphatic rings. The first kappa shape index (κ1) is 19.7. The molecule has 1 N–H and O–H groups in total. The van der Waals surface area contributed by atoms with Gasteiger partial charge in [0.2, 0.25) is 0 Å². The first-order valence-corrected chi connectivity index (χ1v) is 9.27. The van der Waals surface area contributed by atoms with Gasteiger partial charge in [0.25, 0.3) is 5.89 Å². The zero-order valence-corrected chi connectivity index (χ0v) is 16.4. The number of likely N-dealkylation sites (N-methyl/N-ethyl adjacent to an activating group) is 1. The first-order chi connectivity index (χ1) is 13.6. The molecule has 0 saturated heterocycles. The number of carbonyl (C=O) groups excluding carboxylic acids is 1. The maximum absolute atomic E-state index is 12.4. The fraction of sp³-hybridized carbons (Fsp3) is 0.250. The summed E-state index contributed by atoms with van der Waals surface area (Å²) in [5.41, 5.74) is 1.42. The minimum absolute atomic E-state index is 0.242. The average Bonchev–Trinajstić information content (AvgIpc) is 3.17. The van der Waals surface area contributed by atoms with Crippen LogP contribution in [0.15, 0.2) is 53.1 Å². The monoisotopic (exact) mass is 400 g/mol. The Balaban J connectivity index is 1.56. The Kier molecular flexibility index (Phi) is 6.49. The lowest BCUT2D eigenvalue weighted by Crippen LogP contribution is -2.33. The lowest BCUT2D eigenvalue weighted by atomic mass is 10.2. The number of carbonyl (C=O) groups is 1. The predicted molar refractivity (Wildman–Crippen MR) is 108 cm³/mol. The van der Waals surface area contributed by atoms with E-state index < -0.39 is 0 Å². The Morgan fingerprint density at radius 2 is 1.96 bits per heavy atom. The number of urea groups is 1. The highest BCUT2D eigenvalue weighted by atomic mass is 35.5. The maximum atomic E-state index is 12.4. The molecule has 3 rings (SSSR count). The van der Waals surface area contributed by atoms with Crippen molar-refractivity contribution < 1.29 is 14.1 Å². The van der Waals surface area contributed by atoms with Crippen molar-refractivity contribution in [2.75, 3.05) is 25.5 Å². The zero-order valence-electron chi connectivity index (χ0n) is 15.7. The summed E-state index contributed by atoms with van der Waals surface area (Å²) in [6.45, 7) is 2.85. The number of ether oxygens (including phenoxy) is 1. The van der Waals surface area contributed by atoms with E-state index >= 15 is 0 Å². The van der Waals surface area contributed by atoms with Crippen molar-refractivity contribution in [2.45, 2.75) is 13.3 Å². The van der Waals surface area contributed by atoms with Crippen molar-refractivity contribution in [2.24, 2.45) is 0 Å². The van der Waals surface area contributed by atoms with E-state index in [2.05, 4.69) is 15.5 Å². The van der Waals surface area contributed by atoms with Crippen LogP contribution in [0.4, 0.5) is 10.5 Å². The molecular weight excluding hydrogens is 380 g/mol. The molecule has 0 spiro atoms. The molecule has 0 unspecified atom stereocenters. The van der Waals surface area contributed by atoms with E-state index in [1.807, 2.05) is 37.3 Å². The summed E-state index contributed by atoms with van der Waals surface area (Å²) in [5.74, 6) is 1.58. The molecule has 7 nitrogen and oxygen atoms in total. The molecule has 0 radical (unpaired) electrons. The lowest BCUT2D eigenvalue weighted by Gasteiger charge is -2.18. The van der Waals surface area contributed by atoms with E-state index in [9.17, 15) is 4.79 Å². The molecule has 2 amide bonds. The molecule has 0 bridgehead atoms. The zero-order chi connectivity index (χ0) is 19.9. The average molecular weight is 401 g/mol. The molecule has 0 aliphatic heterocycles. The molecule has 1 aromatic heterocycles. The van der Waals surface area contributed by atoms with Gasteiger partial charge in [0.05, 0.1) is 12.3 Å². The second-order valence-electron chi connectivity index (χ2n) is 6.05. The number of nitrogens with one attached hydrogen (secondary N) is 1. The molecule has 8 heteroatoms. The Morgan fingerprint density at radius 3 is 2.71 bits per heavy atom. The van der Waals surface area contributed by atoms with Gasteiger partial charge in [-0.2, -0.15) is 4.98 Å². The van der Waals surface area contributed by atoms with Crippen molar-refractivity contribution in [3.8, 4) is 17.2 Å². The number of aromatic nitrogens is 2. The minimum atomic E-state index is -0.242. The SMILES string of the molecule is CCOc1ccccc1NC(=O)N(C)CCc1noc(-c2ccc(Cl)cc2)n1. The topological polar surface area (TPSA) is 80.5 Å². The van der Waals surface area contributed by atoms with Crippen LogP contribution in [0.2, 0.25) is 5.02 Å². The van der Waals surface area contributed by atoms with Crippen LogP contribution in [0.1, 0.15) is 12.7 Å². The van der Waals surface area contributed by atoms with Crippen LogP contribution < -0.4 is 10.1 Å². The Labute approximate surface area is 168 Å². The van der Waals surface area contributed by atoms with E-state index in [1.165, 1.54) is 0 Å². The molecule has 0 fully saturated rings. The van der Waals surface area contributed by atoms with Crippen LogP contribution in [-0.2, 0) is 6.42 Å². The summed E-state index contributed by atoms with van der Waals surface area (Å²) >= 11 is 5.89. The van der Waals surface area contributed by atoms with Gasteiger partial charge in [0, 0.05) is 30.6 Å². The molecule has 0 aliphatic carbocycles. The number of hydrogen-bond donors (Lipinski definition) is 1. The van der Waals surface area contributed by atoms with Gasteiger partial charge in [-0.15, -0.1) is 0 Å². The molecule has 3 aromatic rings. The predicted octanol–water partition coefficient (Wildman–Crippen LogP) is 4.50. The first-order valence-electron chi connectivity index (χ1n) is 8.89. The number of benzene rings is 2. The van der Waals surface area contributed by atoms with Gasteiger partial charge in [-0.1, -0.05) is 28.9 Å². The maximum Gasteiger partial charge on any atom is 0.321 e. The Bertz CT molecular complexity index is 927. The fourth-order valence-corrected chi connectivity index (χ4v) is 2.62. The number of rotatable bonds is 7. The number of anilines is 1. The van der Waals surface area contributed by atoms with Crippen LogP contribution in [-0.4, -0.2) is 41.3 Å². The van der Waals surface area contributed by atoms with Gasteiger partial charge in [0.15, 0.2) is 5.82 Å². The highest BCUT2D eigenvalue weighted by Gasteiger charge is 2.14. The van der Waals surface area contributed by atoms with Gasteiger partial charge in [0.1, 0.15) is 5.75 Å². The van der Waals surface area contributed by atoms with Gasteiger partial charge in [-0.25, -0.2) is 4.79 Å². The second-order valence-corrected chi connectivity index (χ2v) is 6.49. The van der Waals surface area contributed by atoms with Crippen LogP contribution in [0, 0.1) is 0 Å². The van der Waals surface area contributed by atoms with Gasteiger partial charge < -0.3 is 19.5 Å². The molecular formula is C20H21ClN4O3. The quantitative estimate of drug-likeness (QED) is 0.631. The normalized spacial score (nSPS) is 10.5. The van der Waals surface area contributed by atoms with E-state index in [-0.39, 0.29) is 6.03 Å². The van der Waals surface area contributed by atoms with Crippen molar-refractivity contribution in [1.29, 1.82) is 0 Å². The molecule has 28 heavy (non-hydrogen) atoms. The van der Waals surface area contributed by atoms with Crippen LogP contribution in [0.3, 0.4) is 0 Å². The summed E-state index contributed by atoms with van der Waals surface area (Å²) in [6.07, 6.45) is 0.466. The Hall–Kier alpha value is -3.06. The fourth-order valence-electron chi connectivity index (χ4n) is 2.50. The van der Waals surface area contributed by atoms with Gasteiger partial charge in [-0.05, 0) is 43.3 Å². The largest absolute Gasteiger partial charge is 0.492 e. The van der Waals surface area contributed by atoms with Crippen molar-refractivity contribution in [1.82, 2.24) is 15.0 Å². The third-order valence-corrected chi connectivity index (χ3v) is 4.26. The van der Waals surface area contributed by atoms with Crippen molar-refractivity contribution in [3.05, 3.63) is 59.4 Å². The summed E-state index contributed by atoms with van der Waals surface area (Å²) in [4.78, 5) is 18.4. The number of hydrogen-bond acceptors (Lipinski definition) is 5. The molecule has 146 valence electrons. The third kappa shape index (κ3) is 5.01. The highest BCUT2D eigenvalue weighted by Crippen LogP contribution is 2.24. The minimum Gasteiger partial charge on any atom is -0.492 e. The van der Waals surface area contributed by atoms with Crippen LogP contribution in [0.25, 0.3) is 11.5 Å². The highest BCUT2D eigenvalue weighted by molar-refractivity contribution is 6.30. The number of para-hydroxylation sites is 2. The van der Waals surface area contributed by atoms with E-state index in [0.717, 1.165) is 5.56 Å². The summed E-state index contributed by atoms with van der Waals surface area (Å²) in [5, 5.41) is 7.46. The van der Waals surface area contributed by atoms with Crippen molar-refractivity contribution >= 4 is 23.3 Å². The second kappa shape index (κ2) is 9.23. The number of halogens is 1. The van der Waals surface area contributed by atoms with Gasteiger partial charge in [-0.3, -0.25) is 0 Å². The molecule has 1 heterocycles. The van der Waals surface area contributed by atoms with Crippen LogP contribution >= 0.6 is 11.6 Å². The lowest BCUT2D eigenvalue weighted by molar-refractivity contribution is 0.222.